The molecule has 0 fully saturated rings. The summed E-state index contributed by atoms with van der Waals surface area (Å²) in [5.74, 6) is -1.55. The molecule has 0 aliphatic heterocycles. The molecule has 3 aromatic rings. The Hall–Kier alpha value is -3.00. The molecule has 0 atom stereocenters. The third kappa shape index (κ3) is 3.85. The van der Waals surface area contributed by atoms with E-state index < -0.39 is 18.5 Å². The van der Waals surface area contributed by atoms with Crippen molar-refractivity contribution >= 4 is 28.3 Å². The molecular weight excluding hydrogens is 335 g/mol. The van der Waals surface area contributed by atoms with Crippen LogP contribution in [0.25, 0.3) is 11.3 Å². The molecule has 122 valence electrons. The minimum absolute atomic E-state index is 0.0237. The van der Waals surface area contributed by atoms with Gasteiger partial charge in [0.1, 0.15) is 5.82 Å². The smallest absolute Gasteiger partial charge is 0.374 e. The molecule has 0 saturated heterocycles. The minimum Gasteiger partial charge on any atom is -0.457 e. The number of anilines is 1. The topological polar surface area (TPSA) is 81.4 Å². The van der Waals surface area contributed by atoms with Crippen molar-refractivity contribution in [1.29, 1.82) is 0 Å². The van der Waals surface area contributed by atoms with Gasteiger partial charge in [-0.05, 0) is 36.4 Å². The number of halogens is 1. The molecular formula is C16H11FN2O4S. The number of esters is 1. The van der Waals surface area contributed by atoms with E-state index in [1.54, 1.807) is 23.6 Å². The van der Waals surface area contributed by atoms with Crippen molar-refractivity contribution < 1.29 is 23.1 Å². The first-order chi connectivity index (χ1) is 11.6. The van der Waals surface area contributed by atoms with Crippen LogP contribution >= 0.6 is 11.3 Å². The van der Waals surface area contributed by atoms with Gasteiger partial charge >= 0.3 is 5.97 Å². The summed E-state index contributed by atoms with van der Waals surface area (Å²) in [6, 6.07) is 8.85. The van der Waals surface area contributed by atoms with Gasteiger partial charge in [0.15, 0.2) is 11.7 Å². The number of amides is 1. The molecule has 1 amide bonds. The first-order valence-corrected chi connectivity index (χ1v) is 7.72. The summed E-state index contributed by atoms with van der Waals surface area (Å²) in [5, 5.41) is 4.62. The lowest BCUT2D eigenvalue weighted by molar-refractivity contribution is -0.119. The number of hydrogen-bond acceptors (Lipinski definition) is 6. The van der Waals surface area contributed by atoms with Gasteiger partial charge in [-0.25, -0.2) is 14.2 Å². The van der Waals surface area contributed by atoms with E-state index in [-0.39, 0.29) is 11.6 Å². The Morgan fingerprint density at radius 2 is 2.04 bits per heavy atom. The van der Waals surface area contributed by atoms with E-state index in [4.69, 9.17) is 9.15 Å². The summed E-state index contributed by atoms with van der Waals surface area (Å²) in [7, 11) is 0. The Morgan fingerprint density at radius 1 is 1.25 bits per heavy atom. The van der Waals surface area contributed by atoms with E-state index >= 15 is 0 Å². The number of carbonyl (C=O) groups is 2. The fourth-order valence-electron chi connectivity index (χ4n) is 1.84. The monoisotopic (exact) mass is 346 g/mol. The van der Waals surface area contributed by atoms with Crippen LogP contribution < -0.4 is 5.32 Å². The molecule has 6 nitrogen and oxygen atoms in total. The summed E-state index contributed by atoms with van der Waals surface area (Å²) >= 11 is 1.21. The minimum atomic E-state index is -0.721. The van der Waals surface area contributed by atoms with Crippen LogP contribution in [0, 0.1) is 5.82 Å². The third-order valence-electron chi connectivity index (χ3n) is 2.95. The number of aromatic nitrogens is 1. The molecule has 0 saturated carbocycles. The molecule has 0 spiro atoms. The SMILES string of the molecule is O=C(COC(=O)c1ccco1)Nc1nc(-c2ccc(F)cc2)cs1. The van der Waals surface area contributed by atoms with Crippen LogP contribution in [0.3, 0.4) is 0 Å². The third-order valence-corrected chi connectivity index (χ3v) is 3.70. The van der Waals surface area contributed by atoms with E-state index in [9.17, 15) is 14.0 Å². The van der Waals surface area contributed by atoms with Gasteiger partial charge in [-0.1, -0.05) is 0 Å². The standard InChI is InChI=1S/C16H11FN2O4S/c17-11-5-3-10(4-6-11)12-9-24-16(18-12)19-14(20)8-23-15(21)13-2-1-7-22-13/h1-7,9H,8H2,(H,18,19,20). The van der Waals surface area contributed by atoms with Crippen molar-refractivity contribution in [1.82, 2.24) is 4.98 Å². The van der Waals surface area contributed by atoms with Crippen molar-refractivity contribution in [3.8, 4) is 11.3 Å². The summed E-state index contributed by atoms with van der Waals surface area (Å²) in [4.78, 5) is 27.5. The van der Waals surface area contributed by atoms with Gasteiger partial charge < -0.3 is 9.15 Å². The highest BCUT2D eigenvalue weighted by molar-refractivity contribution is 7.14. The van der Waals surface area contributed by atoms with Crippen LogP contribution in [0.15, 0.2) is 52.5 Å². The van der Waals surface area contributed by atoms with Gasteiger partial charge in [0.2, 0.25) is 5.76 Å². The quantitative estimate of drug-likeness (QED) is 0.717. The number of benzene rings is 1. The number of rotatable bonds is 5. The maximum Gasteiger partial charge on any atom is 0.374 e. The fraction of sp³-hybridized carbons (Fsp3) is 0.0625. The molecule has 1 aromatic carbocycles. The van der Waals surface area contributed by atoms with Crippen LogP contribution in [-0.4, -0.2) is 23.5 Å². The highest BCUT2D eigenvalue weighted by Crippen LogP contribution is 2.24. The van der Waals surface area contributed by atoms with Gasteiger partial charge in [-0.3, -0.25) is 10.1 Å². The number of furan rings is 1. The molecule has 0 radical (unpaired) electrons. The van der Waals surface area contributed by atoms with Crippen LogP contribution in [0.2, 0.25) is 0 Å². The van der Waals surface area contributed by atoms with E-state index in [1.165, 1.54) is 35.8 Å². The normalized spacial score (nSPS) is 10.4. The van der Waals surface area contributed by atoms with Crippen molar-refractivity contribution in [2.24, 2.45) is 0 Å². The van der Waals surface area contributed by atoms with Crippen LogP contribution in [0.5, 0.6) is 0 Å². The predicted octanol–water partition coefficient (Wildman–Crippen LogP) is 3.34. The average Bonchev–Trinajstić information content (AvgIpc) is 3.25. The molecule has 0 aliphatic rings. The zero-order chi connectivity index (χ0) is 16.9. The Labute approximate surface area is 139 Å². The van der Waals surface area contributed by atoms with E-state index in [2.05, 4.69) is 10.3 Å². The number of nitrogens with one attached hydrogen (secondary N) is 1. The summed E-state index contributed by atoms with van der Waals surface area (Å²) in [6.07, 6.45) is 1.34. The largest absolute Gasteiger partial charge is 0.457 e. The van der Waals surface area contributed by atoms with Crippen LogP contribution in [0.1, 0.15) is 10.6 Å². The second-order valence-electron chi connectivity index (χ2n) is 4.65. The van der Waals surface area contributed by atoms with Crippen molar-refractivity contribution in [2.45, 2.75) is 0 Å². The molecule has 0 bridgehead atoms. The van der Waals surface area contributed by atoms with Crippen LogP contribution in [0.4, 0.5) is 9.52 Å². The Kier molecular flexibility index (Phi) is 4.66. The van der Waals surface area contributed by atoms with E-state index in [1.807, 2.05) is 0 Å². The molecule has 0 aliphatic carbocycles. The number of hydrogen-bond donors (Lipinski definition) is 1. The number of nitrogens with zero attached hydrogens (tertiary/aromatic N) is 1. The summed E-state index contributed by atoms with van der Waals surface area (Å²) < 4.78 is 22.6. The predicted molar refractivity (Wildman–Crippen MR) is 85.1 cm³/mol. The lowest BCUT2D eigenvalue weighted by Gasteiger charge is -2.02. The Morgan fingerprint density at radius 3 is 2.75 bits per heavy atom. The molecule has 24 heavy (non-hydrogen) atoms. The van der Waals surface area contributed by atoms with Crippen molar-refractivity contribution in [3.63, 3.8) is 0 Å². The second kappa shape index (κ2) is 7.05. The van der Waals surface area contributed by atoms with Crippen LogP contribution in [-0.2, 0) is 9.53 Å². The average molecular weight is 346 g/mol. The number of thiazole rings is 1. The van der Waals surface area contributed by atoms with Gasteiger partial charge in [-0.2, -0.15) is 0 Å². The first-order valence-electron chi connectivity index (χ1n) is 6.84. The van der Waals surface area contributed by atoms with Gasteiger partial charge in [0.05, 0.1) is 12.0 Å². The molecule has 1 N–H and O–H groups in total. The highest BCUT2D eigenvalue weighted by Gasteiger charge is 2.14. The van der Waals surface area contributed by atoms with Crippen molar-refractivity contribution in [3.05, 3.63) is 59.6 Å². The van der Waals surface area contributed by atoms with Gasteiger partial charge in [0.25, 0.3) is 5.91 Å². The lowest BCUT2D eigenvalue weighted by Crippen LogP contribution is -2.20. The lowest BCUT2D eigenvalue weighted by atomic mass is 10.2. The zero-order valence-electron chi connectivity index (χ0n) is 12.2. The van der Waals surface area contributed by atoms with Gasteiger partial charge in [-0.15, -0.1) is 11.3 Å². The highest BCUT2D eigenvalue weighted by atomic mass is 32.1. The number of ether oxygens (including phenoxy) is 1. The number of carbonyl (C=O) groups excluding carboxylic acids is 2. The zero-order valence-corrected chi connectivity index (χ0v) is 13.0. The summed E-state index contributed by atoms with van der Waals surface area (Å²) in [6.45, 7) is -0.453. The maximum absolute atomic E-state index is 12.9. The molecule has 3 rings (SSSR count). The fourth-order valence-corrected chi connectivity index (χ4v) is 2.57. The molecule has 2 heterocycles. The van der Waals surface area contributed by atoms with Gasteiger partial charge in [0, 0.05) is 10.9 Å². The van der Waals surface area contributed by atoms with E-state index in [0.29, 0.717) is 10.8 Å². The Bertz CT molecular complexity index is 843. The molecule has 2 aromatic heterocycles. The second-order valence-corrected chi connectivity index (χ2v) is 5.50. The summed E-state index contributed by atoms with van der Waals surface area (Å²) in [5.41, 5.74) is 1.35. The Balaban J connectivity index is 1.55. The molecule has 8 heteroatoms. The maximum atomic E-state index is 12.9. The van der Waals surface area contributed by atoms with E-state index in [0.717, 1.165) is 5.56 Å². The van der Waals surface area contributed by atoms with Crippen molar-refractivity contribution in [2.75, 3.05) is 11.9 Å². The molecule has 0 unspecified atom stereocenters. The first kappa shape index (κ1) is 15.9.